The van der Waals surface area contributed by atoms with E-state index in [1.54, 1.807) is 11.9 Å². The Labute approximate surface area is 117 Å². The van der Waals surface area contributed by atoms with Crippen molar-refractivity contribution < 1.29 is 18.0 Å². The number of benzene rings is 1. The lowest BCUT2D eigenvalue weighted by atomic mass is 10.1. The fourth-order valence-corrected chi connectivity index (χ4v) is 1.88. The second kappa shape index (κ2) is 6.74. The highest BCUT2D eigenvalue weighted by Gasteiger charge is 2.33. The topological polar surface area (TPSA) is 23.6 Å². The number of carbonyl (C=O) groups is 1. The van der Waals surface area contributed by atoms with Crippen LogP contribution in [-0.4, -0.2) is 45.4 Å². The van der Waals surface area contributed by atoms with Crippen LogP contribution in [-0.2, 0) is 6.18 Å². The summed E-state index contributed by atoms with van der Waals surface area (Å²) in [7, 11) is 5.63. The molecule has 0 heterocycles. The summed E-state index contributed by atoms with van der Waals surface area (Å²) in [6.45, 7) is 1.51. The third kappa shape index (κ3) is 4.52. The molecule has 0 radical (unpaired) electrons. The standard InChI is InChI=1S/C14H19F3N2O/c1-18(2)7-4-8-19(3)12-6-5-11(10-20)13(9-12)14(15,16)17/h5-6,9-10H,4,7-8H2,1-3H3. The monoisotopic (exact) mass is 288 g/mol. The van der Waals surface area contributed by atoms with Crippen LogP contribution in [0.25, 0.3) is 0 Å². The quantitative estimate of drug-likeness (QED) is 0.752. The third-order valence-electron chi connectivity index (χ3n) is 3.01. The number of hydrogen-bond acceptors (Lipinski definition) is 3. The van der Waals surface area contributed by atoms with Crippen molar-refractivity contribution in [2.75, 3.05) is 39.1 Å². The molecule has 0 saturated heterocycles. The van der Waals surface area contributed by atoms with Crippen LogP contribution in [0.4, 0.5) is 18.9 Å². The Bertz CT molecular complexity index is 458. The predicted octanol–water partition coefficient (Wildman–Crippen LogP) is 2.91. The first-order valence-electron chi connectivity index (χ1n) is 6.28. The van der Waals surface area contributed by atoms with Crippen molar-refractivity contribution in [3.8, 4) is 0 Å². The first-order chi connectivity index (χ1) is 9.25. The minimum Gasteiger partial charge on any atom is -0.375 e. The molecule has 0 aliphatic rings. The smallest absolute Gasteiger partial charge is 0.375 e. The van der Waals surface area contributed by atoms with Gasteiger partial charge in [-0.05, 0) is 45.3 Å². The second-order valence-corrected chi connectivity index (χ2v) is 4.97. The number of alkyl halides is 3. The van der Waals surface area contributed by atoms with Gasteiger partial charge in [-0.25, -0.2) is 0 Å². The Balaban J connectivity index is 2.88. The Morgan fingerprint density at radius 1 is 1.15 bits per heavy atom. The van der Waals surface area contributed by atoms with Gasteiger partial charge in [0, 0.05) is 24.8 Å². The fourth-order valence-electron chi connectivity index (χ4n) is 1.88. The van der Waals surface area contributed by atoms with E-state index >= 15 is 0 Å². The molecule has 1 rings (SSSR count). The molecule has 112 valence electrons. The highest BCUT2D eigenvalue weighted by molar-refractivity contribution is 5.79. The summed E-state index contributed by atoms with van der Waals surface area (Å²) in [5.74, 6) is 0. The van der Waals surface area contributed by atoms with Crippen LogP contribution in [0.3, 0.4) is 0 Å². The summed E-state index contributed by atoms with van der Waals surface area (Å²) in [6.07, 6.45) is -3.43. The largest absolute Gasteiger partial charge is 0.417 e. The molecule has 0 saturated carbocycles. The van der Waals surface area contributed by atoms with E-state index in [9.17, 15) is 18.0 Å². The zero-order valence-electron chi connectivity index (χ0n) is 11.9. The van der Waals surface area contributed by atoms with Crippen LogP contribution in [0.2, 0.25) is 0 Å². The maximum absolute atomic E-state index is 12.9. The van der Waals surface area contributed by atoms with Crippen molar-refractivity contribution in [1.29, 1.82) is 0 Å². The molecule has 0 atom stereocenters. The highest BCUT2D eigenvalue weighted by atomic mass is 19.4. The highest BCUT2D eigenvalue weighted by Crippen LogP contribution is 2.33. The predicted molar refractivity (Wildman–Crippen MR) is 73.3 cm³/mol. The van der Waals surface area contributed by atoms with E-state index in [1.807, 2.05) is 19.0 Å². The molecule has 1 aromatic carbocycles. The molecule has 0 fully saturated rings. The molecule has 0 aromatic heterocycles. The van der Waals surface area contributed by atoms with Gasteiger partial charge in [0.15, 0.2) is 6.29 Å². The van der Waals surface area contributed by atoms with E-state index < -0.39 is 11.7 Å². The van der Waals surface area contributed by atoms with Crippen molar-refractivity contribution in [3.63, 3.8) is 0 Å². The number of rotatable bonds is 6. The summed E-state index contributed by atoms with van der Waals surface area (Å²) >= 11 is 0. The van der Waals surface area contributed by atoms with Crippen LogP contribution < -0.4 is 4.90 Å². The number of carbonyl (C=O) groups excluding carboxylic acids is 1. The van der Waals surface area contributed by atoms with Gasteiger partial charge in [0.2, 0.25) is 0 Å². The van der Waals surface area contributed by atoms with Crippen molar-refractivity contribution >= 4 is 12.0 Å². The molecule has 3 nitrogen and oxygen atoms in total. The molecule has 0 aliphatic carbocycles. The van der Waals surface area contributed by atoms with E-state index in [2.05, 4.69) is 0 Å². The second-order valence-electron chi connectivity index (χ2n) is 4.97. The van der Waals surface area contributed by atoms with E-state index in [4.69, 9.17) is 0 Å². The average molecular weight is 288 g/mol. The van der Waals surface area contributed by atoms with Crippen molar-refractivity contribution in [1.82, 2.24) is 4.90 Å². The lowest BCUT2D eigenvalue weighted by Gasteiger charge is -2.22. The van der Waals surface area contributed by atoms with Crippen molar-refractivity contribution in [2.24, 2.45) is 0 Å². The van der Waals surface area contributed by atoms with Crippen LogP contribution in [0.5, 0.6) is 0 Å². The molecule has 0 aliphatic heterocycles. The molecule has 20 heavy (non-hydrogen) atoms. The minimum atomic E-state index is -4.52. The zero-order valence-corrected chi connectivity index (χ0v) is 11.9. The first-order valence-corrected chi connectivity index (χ1v) is 6.28. The summed E-state index contributed by atoms with van der Waals surface area (Å²) in [4.78, 5) is 14.5. The zero-order chi connectivity index (χ0) is 15.3. The van der Waals surface area contributed by atoms with Crippen molar-refractivity contribution in [2.45, 2.75) is 12.6 Å². The van der Waals surface area contributed by atoms with Gasteiger partial charge in [-0.1, -0.05) is 0 Å². The van der Waals surface area contributed by atoms with Gasteiger partial charge in [-0.15, -0.1) is 0 Å². The Hall–Kier alpha value is -1.56. The Kier molecular flexibility index (Phi) is 5.56. The van der Waals surface area contributed by atoms with Crippen LogP contribution >= 0.6 is 0 Å². The molecule has 0 unspecified atom stereocenters. The average Bonchev–Trinajstić information content (AvgIpc) is 2.36. The van der Waals surface area contributed by atoms with Crippen molar-refractivity contribution in [3.05, 3.63) is 29.3 Å². The van der Waals surface area contributed by atoms with Crippen LogP contribution in [0.15, 0.2) is 18.2 Å². The number of anilines is 1. The van der Waals surface area contributed by atoms with E-state index in [0.717, 1.165) is 19.0 Å². The molecule has 0 N–H and O–H groups in total. The summed E-state index contributed by atoms with van der Waals surface area (Å²) in [5, 5.41) is 0. The van der Waals surface area contributed by atoms with Gasteiger partial charge in [0.05, 0.1) is 5.56 Å². The van der Waals surface area contributed by atoms with Gasteiger partial charge < -0.3 is 9.80 Å². The van der Waals surface area contributed by atoms with Crippen LogP contribution in [0, 0.1) is 0 Å². The SMILES string of the molecule is CN(C)CCCN(C)c1ccc(C=O)c(C(F)(F)F)c1. The van der Waals surface area contributed by atoms with Gasteiger partial charge >= 0.3 is 6.18 Å². The number of nitrogens with zero attached hydrogens (tertiary/aromatic N) is 2. The van der Waals surface area contributed by atoms with Gasteiger partial charge in [0.1, 0.15) is 0 Å². The summed E-state index contributed by atoms with van der Waals surface area (Å²) < 4.78 is 38.6. The lowest BCUT2D eigenvalue weighted by molar-refractivity contribution is -0.137. The number of halogens is 3. The molecule has 6 heteroatoms. The summed E-state index contributed by atoms with van der Waals surface area (Å²) in [6, 6.07) is 3.78. The molecule has 0 bridgehead atoms. The number of aldehydes is 1. The van der Waals surface area contributed by atoms with E-state index in [-0.39, 0.29) is 11.8 Å². The maximum Gasteiger partial charge on any atom is 0.417 e. The molecular formula is C14H19F3N2O. The molecule has 1 aromatic rings. The molecule has 0 spiro atoms. The number of hydrogen-bond donors (Lipinski definition) is 0. The summed E-state index contributed by atoms with van der Waals surface area (Å²) in [5.41, 5.74) is -0.755. The minimum absolute atomic E-state index is 0.235. The Morgan fingerprint density at radius 2 is 1.80 bits per heavy atom. The molecule has 0 amide bonds. The van der Waals surface area contributed by atoms with E-state index in [1.165, 1.54) is 12.1 Å². The van der Waals surface area contributed by atoms with Gasteiger partial charge in [0.25, 0.3) is 0 Å². The van der Waals surface area contributed by atoms with Gasteiger partial charge in [-0.3, -0.25) is 4.79 Å². The lowest BCUT2D eigenvalue weighted by Crippen LogP contribution is -2.23. The maximum atomic E-state index is 12.9. The van der Waals surface area contributed by atoms with Crippen LogP contribution in [0.1, 0.15) is 22.3 Å². The fraction of sp³-hybridized carbons (Fsp3) is 0.500. The normalized spacial score (nSPS) is 11.8. The van der Waals surface area contributed by atoms with Gasteiger partial charge in [-0.2, -0.15) is 13.2 Å². The molecular weight excluding hydrogens is 269 g/mol. The van der Waals surface area contributed by atoms with E-state index in [0.29, 0.717) is 12.2 Å². The third-order valence-corrected chi connectivity index (χ3v) is 3.01. The first kappa shape index (κ1) is 16.5. The Morgan fingerprint density at radius 3 is 2.30 bits per heavy atom.